The summed E-state index contributed by atoms with van der Waals surface area (Å²) in [7, 11) is -3.56. The second-order valence-corrected chi connectivity index (χ2v) is 10.9. The van der Waals surface area contributed by atoms with Crippen LogP contribution in [0.25, 0.3) is 0 Å². The van der Waals surface area contributed by atoms with E-state index in [2.05, 4.69) is 5.32 Å². The smallest absolute Gasteiger partial charge is 0.255 e. The summed E-state index contributed by atoms with van der Waals surface area (Å²) < 4.78 is 32.1. The van der Waals surface area contributed by atoms with Gasteiger partial charge in [-0.25, -0.2) is 8.42 Å². The van der Waals surface area contributed by atoms with Gasteiger partial charge in [0.2, 0.25) is 10.0 Å². The van der Waals surface area contributed by atoms with Crippen molar-refractivity contribution in [2.75, 3.05) is 31.6 Å². The van der Waals surface area contributed by atoms with Crippen molar-refractivity contribution in [3.8, 4) is 0 Å². The fourth-order valence-electron chi connectivity index (χ4n) is 3.30. The molecule has 3 aromatic carbocycles. The number of morpholine rings is 1. The lowest BCUT2D eigenvalue weighted by atomic mass is 10.1. The molecule has 1 aliphatic heterocycles. The van der Waals surface area contributed by atoms with Crippen molar-refractivity contribution in [3.63, 3.8) is 0 Å². The lowest BCUT2D eigenvalue weighted by Crippen LogP contribution is -2.40. The van der Waals surface area contributed by atoms with Crippen molar-refractivity contribution < 1.29 is 17.9 Å². The molecule has 0 radical (unpaired) electrons. The predicted octanol–water partition coefficient (Wildman–Crippen LogP) is 4.91. The van der Waals surface area contributed by atoms with E-state index in [1.807, 2.05) is 36.4 Å². The largest absolute Gasteiger partial charge is 0.379 e. The summed E-state index contributed by atoms with van der Waals surface area (Å²) in [6, 6.07) is 21.3. The lowest BCUT2D eigenvalue weighted by Gasteiger charge is -2.26. The van der Waals surface area contributed by atoms with E-state index in [0.717, 1.165) is 16.2 Å². The second-order valence-electron chi connectivity index (χ2n) is 7.43. The van der Waals surface area contributed by atoms with Crippen LogP contribution in [0.3, 0.4) is 0 Å². The maximum Gasteiger partial charge on any atom is 0.255 e. The molecule has 0 atom stereocenters. The molecule has 0 aromatic heterocycles. The van der Waals surface area contributed by atoms with Gasteiger partial charge in [0.25, 0.3) is 5.91 Å². The number of amides is 1. The molecule has 1 fully saturated rings. The van der Waals surface area contributed by atoms with Crippen molar-refractivity contribution in [2.24, 2.45) is 0 Å². The Morgan fingerprint density at radius 2 is 1.58 bits per heavy atom. The van der Waals surface area contributed by atoms with Gasteiger partial charge in [0.15, 0.2) is 0 Å². The summed E-state index contributed by atoms with van der Waals surface area (Å²) in [5, 5.41) is 3.53. The Morgan fingerprint density at radius 1 is 0.939 bits per heavy atom. The zero-order chi connectivity index (χ0) is 23.3. The molecule has 172 valence electrons. The van der Waals surface area contributed by atoms with Crippen LogP contribution in [0, 0.1) is 0 Å². The Morgan fingerprint density at radius 3 is 2.21 bits per heavy atom. The Labute approximate surface area is 203 Å². The number of nitrogens with zero attached hydrogens (tertiary/aromatic N) is 1. The fraction of sp³-hybridized carbons (Fsp3) is 0.208. The molecular formula is C24H23ClN2O4S2. The molecule has 33 heavy (non-hydrogen) atoms. The van der Waals surface area contributed by atoms with E-state index in [-0.39, 0.29) is 10.8 Å². The highest BCUT2D eigenvalue weighted by Crippen LogP contribution is 2.25. The number of halogens is 1. The normalized spacial score (nSPS) is 14.7. The van der Waals surface area contributed by atoms with Crippen LogP contribution in [-0.4, -0.2) is 44.9 Å². The molecule has 0 bridgehead atoms. The first-order valence-electron chi connectivity index (χ1n) is 10.4. The minimum atomic E-state index is -3.56. The number of hydrogen-bond donors (Lipinski definition) is 1. The molecule has 9 heteroatoms. The number of ether oxygens (including phenoxy) is 1. The van der Waals surface area contributed by atoms with E-state index >= 15 is 0 Å². The maximum atomic E-state index is 12.7. The van der Waals surface area contributed by atoms with Gasteiger partial charge in [0.05, 0.1) is 18.1 Å². The highest BCUT2D eigenvalue weighted by atomic mass is 35.5. The van der Waals surface area contributed by atoms with Crippen LogP contribution in [0.15, 0.2) is 82.6 Å². The number of carbonyl (C=O) groups is 1. The highest BCUT2D eigenvalue weighted by Gasteiger charge is 2.26. The van der Waals surface area contributed by atoms with E-state index in [1.54, 1.807) is 36.0 Å². The molecule has 0 unspecified atom stereocenters. The number of thioether (sulfide) groups is 1. The second kappa shape index (κ2) is 10.7. The lowest BCUT2D eigenvalue weighted by molar-refractivity contribution is 0.0730. The molecule has 1 aliphatic rings. The Balaban J connectivity index is 1.34. The van der Waals surface area contributed by atoms with Crippen molar-refractivity contribution in [1.29, 1.82) is 0 Å². The van der Waals surface area contributed by atoms with Gasteiger partial charge in [-0.15, -0.1) is 11.8 Å². The summed E-state index contributed by atoms with van der Waals surface area (Å²) in [6.07, 6.45) is 0. The van der Waals surface area contributed by atoms with Gasteiger partial charge in [-0.1, -0.05) is 23.7 Å². The molecule has 0 spiro atoms. The molecule has 1 N–H and O–H groups in total. The van der Waals surface area contributed by atoms with Crippen LogP contribution in [0.5, 0.6) is 0 Å². The standard InChI is InChI=1S/C24H23ClN2O4S2/c25-20-5-9-22(10-6-20)32-17-18-1-3-19(4-2-18)24(28)26-21-7-11-23(12-8-21)33(29,30)27-13-15-31-16-14-27/h1-12H,13-17H2,(H,26,28). The molecular weight excluding hydrogens is 480 g/mol. The van der Waals surface area contributed by atoms with Crippen LogP contribution >= 0.6 is 23.4 Å². The SMILES string of the molecule is O=C(Nc1ccc(S(=O)(=O)N2CCOCC2)cc1)c1ccc(CSc2ccc(Cl)cc2)cc1. The van der Waals surface area contributed by atoms with Gasteiger partial charge in [-0.05, 0) is 66.2 Å². The number of rotatable bonds is 7. The van der Waals surface area contributed by atoms with Crippen molar-refractivity contribution in [1.82, 2.24) is 4.31 Å². The first kappa shape index (κ1) is 23.8. The minimum Gasteiger partial charge on any atom is -0.379 e. The highest BCUT2D eigenvalue weighted by molar-refractivity contribution is 7.98. The summed E-state index contributed by atoms with van der Waals surface area (Å²) in [6.45, 7) is 1.47. The molecule has 3 aromatic rings. The topological polar surface area (TPSA) is 75.7 Å². The maximum absolute atomic E-state index is 12.7. The van der Waals surface area contributed by atoms with Gasteiger partial charge in [-0.2, -0.15) is 4.31 Å². The number of nitrogens with one attached hydrogen (secondary N) is 1. The first-order chi connectivity index (χ1) is 15.9. The molecule has 1 heterocycles. The Hall–Kier alpha value is -2.36. The molecule has 6 nitrogen and oxygen atoms in total. The molecule has 0 aliphatic carbocycles. The van der Waals surface area contributed by atoms with Gasteiger partial charge in [-0.3, -0.25) is 4.79 Å². The van der Waals surface area contributed by atoms with Crippen LogP contribution in [0.4, 0.5) is 5.69 Å². The molecule has 0 saturated carbocycles. The van der Waals surface area contributed by atoms with Crippen LogP contribution in [-0.2, 0) is 20.5 Å². The first-order valence-corrected chi connectivity index (χ1v) is 13.2. The van der Waals surface area contributed by atoms with Gasteiger partial charge < -0.3 is 10.1 Å². The quantitative estimate of drug-likeness (QED) is 0.465. The average molecular weight is 503 g/mol. The van der Waals surface area contributed by atoms with Gasteiger partial charge >= 0.3 is 0 Å². The van der Waals surface area contributed by atoms with E-state index in [9.17, 15) is 13.2 Å². The van der Waals surface area contributed by atoms with Crippen LogP contribution in [0.2, 0.25) is 5.02 Å². The monoisotopic (exact) mass is 502 g/mol. The van der Waals surface area contributed by atoms with Crippen LogP contribution < -0.4 is 5.32 Å². The zero-order valence-electron chi connectivity index (χ0n) is 17.7. The van der Waals surface area contributed by atoms with E-state index < -0.39 is 10.0 Å². The van der Waals surface area contributed by atoms with Crippen LogP contribution in [0.1, 0.15) is 15.9 Å². The van der Waals surface area contributed by atoms with Crippen molar-refractivity contribution >= 4 is 45.0 Å². The predicted molar refractivity (Wildman–Crippen MR) is 131 cm³/mol. The Kier molecular flexibility index (Phi) is 7.72. The third kappa shape index (κ3) is 6.16. The van der Waals surface area contributed by atoms with E-state index in [0.29, 0.717) is 42.6 Å². The number of carbonyl (C=O) groups excluding carboxylic acids is 1. The average Bonchev–Trinajstić information content (AvgIpc) is 2.85. The molecule has 1 amide bonds. The minimum absolute atomic E-state index is 0.199. The third-order valence-corrected chi connectivity index (χ3v) is 8.40. The van der Waals surface area contributed by atoms with Gasteiger partial charge in [0.1, 0.15) is 0 Å². The molecule has 4 rings (SSSR count). The summed E-state index contributed by atoms with van der Waals surface area (Å²) in [4.78, 5) is 13.9. The number of benzene rings is 3. The van der Waals surface area contributed by atoms with Gasteiger partial charge in [0, 0.05) is 40.0 Å². The number of hydrogen-bond acceptors (Lipinski definition) is 5. The summed E-state index contributed by atoms with van der Waals surface area (Å²) in [5.41, 5.74) is 2.16. The van der Waals surface area contributed by atoms with E-state index in [1.165, 1.54) is 16.4 Å². The van der Waals surface area contributed by atoms with Crippen molar-refractivity contribution in [3.05, 3.63) is 88.9 Å². The summed E-state index contributed by atoms with van der Waals surface area (Å²) >= 11 is 7.61. The molecule has 1 saturated heterocycles. The zero-order valence-corrected chi connectivity index (χ0v) is 20.1. The number of anilines is 1. The Bertz CT molecular complexity index is 1190. The number of sulfonamides is 1. The fourth-order valence-corrected chi connectivity index (χ4v) is 5.69. The van der Waals surface area contributed by atoms with E-state index in [4.69, 9.17) is 16.3 Å². The van der Waals surface area contributed by atoms with Crippen molar-refractivity contribution in [2.45, 2.75) is 15.5 Å². The summed E-state index contributed by atoms with van der Waals surface area (Å²) in [5.74, 6) is 0.526. The third-order valence-electron chi connectivity index (χ3n) is 5.16.